The summed E-state index contributed by atoms with van der Waals surface area (Å²) in [6.07, 6.45) is 7.32. The van der Waals surface area contributed by atoms with Crippen molar-refractivity contribution in [3.8, 4) is 0 Å². The minimum atomic E-state index is -0.848. The van der Waals surface area contributed by atoms with Gasteiger partial charge in [-0.2, -0.15) is 0 Å². The van der Waals surface area contributed by atoms with E-state index in [0.717, 1.165) is 19.4 Å². The number of carbonyl (C=O) groups is 2. The summed E-state index contributed by atoms with van der Waals surface area (Å²) < 4.78 is 1.99. The Bertz CT molecular complexity index is 406. The van der Waals surface area contributed by atoms with Crippen LogP contribution in [-0.2, 0) is 11.3 Å². The summed E-state index contributed by atoms with van der Waals surface area (Å²) in [6.45, 7) is 3.65. The van der Waals surface area contributed by atoms with Gasteiger partial charge in [0.1, 0.15) is 0 Å². The van der Waals surface area contributed by atoms with E-state index in [1.165, 1.54) is 0 Å². The van der Waals surface area contributed by atoms with E-state index in [0.29, 0.717) is 13.1 Å². The lowest BCUT2D eigenvalue weighted by Gasteiger charge is -2.11. The number of hydrogen-bond donors (Lipinski definition) is 3. The molecule has 7 nitrogen and oxygen atoms in total. The average Bonchev–Trinajstić information content (AvgIpc) is 2.88. The number of aromatic nitrogens is 2. The van der Waals surface area contributed by atoms with E-state index in [4.69, 9.17) is 5.11 Å². The number of nitrogens with one attached hydrogen (secondary N) is 2. The van der Waals surface area contributed by atoms with Crippen molar-refractivity contribution >= 4 is 12.0 Å². The van der Waals surface area contributed by atoms with Gasteiger partial charge in [-0.3, -0.25) is 4.79 Å². The number of carboxylic acid groups (broad SMARTS) is 1. The van der Waals surface area contributed by atoms with Crippen LogP contribution >= 0.6 is 0 Å². The van der Waals surface area contributed by atoms with Crippen molar-refractivity contribution in [2.75, 3.05) is 13.1 Å². The molecule has 0 fully saturated rings. The zero-order valence-electron chi connectivity index (χ0n) is 11.7. The molecule has 20 heavy (non-hydrogen) atoms. The molecular weight excluding hydrogens is 260 g/mol. The number of aliphatic carboxylic acids is 1. The second kappa shape index (κ2) is 8.95. The fraction of sp³-hybridized carbons (Fsp3) is 0.615. The van der Waals surface area contributed by atoms with Crippen molar-refractivity contribution in [2.24, 2.45) is 5.92 Å². The van der Waals surface area contributed by atoms with Gasteiger partial charge in [-0.15, -0.1) is 0 Å². The lowest BCUT2D eigenvalue weighted by molar-refractivity contribution is -0.137. The molecule has 112 valence electrons. The summed E-state index contributed by atoms with van der Waals surface area (Å²) in [5, 5.41) is 14.0. The lowest BCUT2D eigenvalue weighted by atomic mass is 10.1. The van der Waals surface area contributed by atoms with Crippen LogP contribution in [-0.4, -0.2) is 39.7 Å². The highest BCUT2D eigenvalue weighted by Crippen LogP contribution is 1.99. The summed E-state index contributed by atoms with van der Waals surface area (Å²) in [5.41, 5.74) is 0. The van der Waals surface area contributed by atoms with Gasteiger partial charge in [-0.1, -0.05) is 6.92 Å². The van der Waals surface area contributed by atoms with Gasteiger partial charge in [0, 0.05) is 38.4 Å². The van der Waals surface area contributed by atoms with Crippen LogP contribution < -0.4 is 10.6 Å². The number of unbranched alkanes of at least 4 members (excludes halogenated alkanes) is 1. The number of nitrogens with zero attached hydrogens (tertiary/aromatic N) is 2. The second-order valence-corrected chi connectivity index (χ2v) is 4.85. The molecule has 1 aromatic heterocycles. The third kappa shape index (κ3) is 7.40. The van der Waals surface area contributed by atoms with E-state index in [9.17, 15) is 9.59 Å². The molecule has 3 N–H and O–H groups in total. The molecule has 1 atom stereocenters. The van der Waals surface area contributed by atoms with Crippen LogP contribution in [0.4, 0.5) is 4.79 Å². The first-order chi connectivity index (χ1) is 9.58. The van der Waals surface area contributed by atoms with Crippen LogP contribution in [0.5, 0.6) is 0 Å². The zero-order chi connectivity index (χ0) is 14.8. The predicted octanol–water partition coefficient (Wildman–Crippen LogP) is 1.07. The maximum absolute atomic E-state index is 11.4. The molecule has 0 aromatic carbocycles. The molecule has 0 radical (unpaired) electrons. The Balaban J connectivity index is 1.98. The number of urea groups is 1. The number of amides is 2. The van der Waals surface area contributed by atoms with Gasteiger partial charge in [0.15, 0.2) is 0 Å². The molecule has 1 rings (SSSR count). The van der Waals surface area contributed by atoms with Gasteiger partial charge >= 0.3 is 12.0 Å². The molecule has 0 saturated carbocycles. The van der Waals surface area contributed by atoms with Crippen molar-refractivity contribution in [1.29, 1.82) is 0 Å². The molecular formula is C13H22N4O3. The number of hydrogen-bond acceptors (Lipinski definition) is 3. The number of carbonyl (C=O) groups excluding carboxylic acids is 1. The Morgan fingerprint density at radius 2 is 2.15 bits per heavy atom. The summed E-state index contributed by atoms with van der Waals surface area (Å²) in [6, 6.07) is -0.245. The number of carboxylic acids is 1. The van der Waals surface area contributed by atoms with E-state index in [1.54, 1.807) is 19.4 Å². The average molecular weight is 282 g/mol. The van der Waals surface area contributed by atoms with E-state index < -0.39 is 5.97 Å². The molecule has 0 bridgehead atoms. The van der Waals surface area contributed by atoms with Crippen molar-refractivity contribution in [2.45, 2.75) is 32.7 Å². The third-order valence-electron chi connectivity index (χ3n) is 2.82. The van der Waals surface area contributed by atoms with Crippen LogP contribution in [0.3, 0.4) is 0 Å². The number of aryl methyl sites for hydroxylation is 1. The summed E-state index contributed by atoms with van der Waals surface area (Å²) in [5.74, 6) is -0.918. The van der Waals surface area contributed by atoms with Gasteiger partial charge in [0.25, 0.3) is 0 Å². The molecule has 0 aliphatic heterocycles. The van der Waals surface area contributed by atoms with Gasteiger partial charge in [0.05, 0.1) is 6.33 Å². The quantitative estimate of drug-likeness (QED) is 0.590. The molecule has 0 spiro atoms. The largest absolute Gasteiger partial charge is 0.481 e. The Morgan fingerprint density at radius 1 is 1.35 bits per heavy atom. The lowest BCUT2D eigenvalue weighted by Crippen LogP contribution is -2.38. The molecule has 1 heterocycles. The van der Waals surface area contributed by atoms with Crippen molar-refractivity contribution < 1.29 is 14.7 Å². The Labute approximate surface area is 118 Å². The molecule has 0 aliphatic carbocycles. The SMILES string of the molecule is CC(CNC(=O)NCCCCn1ccnc1)CC(=O)O. The van der Waals surface area contributed by atoms with E-state index in [-0.39, 0.29) is 18.4 Å². The first-order valence-corrected chi connectivity index (χ1v) is 6.77. The van der Waals surface area contributed by atoms with Gasteiger partial charge in [0.2, 0.25) is 0 Å². The first-order valence-electron chi connectivity index (χ1n) is 6.77. The topological polar surface area (TPSA) is 96.3 Å². The summed E-state index contributed by atoms with van der Waals surface area (Å²) in [4.78, 5) is 25.9. The monoisotopic (exact) mass is 282 g/mol. The predicted molar refractivity (Wildman–Crippen MR) is 74.3 cm³/mol. The van der Waals surface area contributed by atoms with E-state index in [2.05, 4.69) is 15.6 Å². The minimum Gasteiger partial charge on any atom is -0.481 e. The highest BCUT2D eigenvalue weighted by Gasteiger charge is 2.08. The van der Waals surface area contributed by atoms with Gasteiger partial charge < -0.3 is 20.3 Å². The second-order valence-electron chi connectivity index (χ2n) is 4.85. The van der Waals surface area contributed by atoms with Crippen molar-refractivity contribution in [1.82, 2.24) is 20.2 Å². The van der Waals surface area contributed by atoms with Crippen LogP contribution in [0.25, 0.3) is 0 Å². The van der Waals surface area contributed by atoms with Crippen molar-refractivity contribution in [3.05, 3.63) is 18.7 Å². The molecule has 0 saturated heterocycles. The normalized spacial score (nSPS) is 11.8. The fourth-order valence-electron chi connectivity index (χ4n) is 1.74. The number of imidazole rings is 1. The van der Waals surface area contributed by atoms with Gasteiger partial charge in [-0.25, -0.2) is 9.78 Å². The molecule has 0 aliphatic rings. The standard InChI is InChI=1S/C13H22N4O3/c1-11(8-12(18)19)9-16-13(20)15-4-2-3-6-17-7-5-14-10-17/h5,7,10-11H,2-4,6,8-9H2,1H3,(H,18,19)(H2,15,16,20). The molecule has 1 aromatic rings. The highest BCUT2D eigenvalue weighted by atomic mass is 16.4. The fourth-order valence-corrected chi connectivity index (χ4v) is 1.74. The molecule has 7 heteroatoms. The van der Waals surface area contributed by atoms with E-state index >= 15 is 0 Å². The van der Waals surface area contributed by atoms with Crippen LogP contribution in [0.15, 0.2) is 18.7 Å². The molecule has 2 amide bonds. The Kier molecular flexibility index (Phi) is 7.16. The maximum Gasteiger partial charge on any atom is 0.314 e. The van der Waals surface area contributed by atoms with Crippen LogP contribution in [0.1, 0.15) is 26.2 Å². The van der Waals surface area contributed by atoms with Crippen LogP contribution in [0, 0.1) is 5.92 Å². The van der Waals surface area contributed by atoms with Gasteiger partial charge in [-0.05, 0) is 18.8 Å². The third-order valence-corrected chi connectivity index (χ3v) is 2.82. The smallest absolute Gasteiger partial charge is 0.314 e. The number of rotatable bonds is 9. The maximum atomic E-state index is 11.4. The molecule has 1 unspecified atom stereocenters. The Morgan fingerprint density at radius 3 is 2.80 bits per heavy atom. The Hall–Kier alpha value is -2.05. The van der Waals surface area contributed by atoms with Crippen molar-refractivity contribution in [3.63, 3.8) is 0 Å². The minimum absolute atomic E-state index is 0.0607. The summed E-state index contributed by atoms with van der Waals surface area (Å²) >= 11 is 0. The first kappa shape index (κ1) is 16.0. The van der Waals surface area contributed by atoms with E-state index in [1.807, 2.05) is 10.8 Å². The summed E-state index contributed by atoms with van der Waals surface area (Å²) in [7, 11) is 0. The highest BCUT2D eigenvalue weighted by molar-refractivity contribution is 5.73. The zero-order valence-corrected chi connectivity index (χ0v) is 11.7. The van der Waals surface area contributed by atoms with Crippen LogP contribution in [0.2, 0.25) is 0 Å².